The highest BCUT2D eigenvalue weighted by Crippen LogP contribution is 2.35. The van der Waals surface area contributed by atoms with Gasteiger partial charge in [-0.25, -0.2) is 0 Å². The zero-order chi connectivity index (χ0) is 21.5. The van der Waals surface area contributed by atoms with E-state index in [1.807, 2.05) is 25.2 Å². The van der Waals surface area contributed by atoms with Crippen molar-refractivity contribution in [2.45, 2.75) is 37.1 Å². The molecule has 2 fully saturated rings. The molecule has 1 aromatic heterocycles. The third-order valence-corrected chi connectivity index (χ3v) is 6.86. The van der Waals surface area contributed by atoms with Crippen molar-refractivity contribution in [2.75, 3.05) is 46.4 Å². The van der Waals surface area contributed by atoms with Gasteiger partial charge in [-0.1, -0.05) is 23.7 Å². The van der Waals surface area contributed by atoms with Crippen LogP contribution in [0.15, 0.2) is 52.1 Å². The van der Waals surface area contributed by atoms with Crippen LogP contribution in [0.1, 0.15) is 43.0 Å². The second kappa shape index (κ2) is 12.3. The van der Waals surface area contributed by atoms with Gasteiger partial charge in [-0.05, 0) is 68.6 Å². The number of benzene rings is 1. The molecule has 0 spiro atoms. The SMILES string of the molecule is CN=C(NCC(c1ccco1)N1CCCC1)NCC1(c2cccc(Cl)c2)CCOCC1.I. The van der Waals surface area contributed by atoms with E-state index in [0.29, 0.717) is 0 Å². The van der Waals surface area contributed by atoms with E-state index in [1.165, 1.54) is 18.4 Å². The van der Waals surface area contributed by atoms with Crippen LogP contribution in [0, 0.1) is 0 Å². The highest BCUT2D eigenvalue weighted by atomic mass is 127. The number of rotatable bonds is 7. The molecule has 176 valence electrons. The molecule has 0 radical (unpaired) electrons. The second-order valence-corrected chi connectivity index (χ2v) is 8.92. The standard InChI is InChI=1S/C24H33ClN4O2.HI/c1-26-23(27-17-21(22-8-5-13-31-22)29-11-2-3-12-29)28-18-24(9-14-30-15-10-24)19-6-4-7-20(25)16-19;/h4-8,13,16,21H,2-3,9-12,14-15,17-18H2,1H3,(H2,26,27,28);1H. The number of hydrogen-bond donors (Lipinski definition) is 2. The van der Waals surface area contributed by atoms with Gasteiger partial charge < -0.3 is 19.8 Å². The first-order valence-corrected chi connectivity index (χ1v) is 11.6. The number of hydrogen-bond acceptors (Lipinski definition) is 4. The fraction of sp³-hybridized carbons (Fsp3) is 0.542. The molecular weight excluding hydrogens is 539 g/mol. The van der Waals surface area contributed by atoms with Gasteiger partial charge in [0, 0.05) is 43.8 Å². The van der Waals surface area contributed by atoms with E-state index >= 15 is 0 Å². The summed E-state index contributed by atoms with van der Waals surface area (Å²) in [6, 6.07) is 12.5. The van der Waals surface area contributed by atoms with Crippen molar-refractivity contribution in [3.63, 3.8) is 0 Å². The average molecular weight is 573 g/mol. The zero-order valence-electron chi connectivity index (χ0n) is 18.7. The summed E-state index contributed by atoms with van der Waals surface area (Å²) in [5.41, 5.74) is 1.24. The van der Waals surface area contributed by atoms with Crippen LogP contribution in [0.2, 0.25) is 5.02 Å². The predicted octanol–water partition coefficient (Wildman–Crippen LogP) is 4.60. The number of nitrogens with one attached hydrogen (secondary N) is 2. The van der Waals surface area contributed by atoms with E-state index in [-0.39, 0.29) is 35.4 Å². The van der Waals surface area contributed by atoms with E-state index in [2.05, 4.69) is 38.7 Å². The minimum Gasteiger partial charge on any atom is -0.468 e. The average Bonchev–Trinajstić information content (AvgIpc) is 3.52. The number of furan rings is 1. The van der Waals surface area contributed by atoms with Gasteiger partial charge in [0.2, 0.25) is 0 Å². The van der Waals surface area contributed by atoms with Gasteiger partial charge in [-0.3, -0.25) is 9.89 Å². The van der Waals surface area contributed by atoms with Crippen LogP contribution >= 0.6 is 35.6 Å². The molecule has 8 heteroatoms. The van der Waals surface area contributed by atoms with Crippen molar-refractivity contribution in [1.82, 2.24) is 15.5 Å². The van der Waals surface area contributed by atoms with Crippen LogP contribution in [-0.4, -0.2) is 57.3 Å². The van der Waals surface area contributed by atoms with Gasteiger partial charge in [0.05, 0.1) is 12.3 Å². The van der Waals surface area contributed by atoms with Crippen molar-refractivity contribution in [3.8, 4) is 0 Å². The maximum atomic E-state index is 6.31. The number of halogens is 2. The quantitative estimate of drug-likeness (QED) is 0.289. The largest absolute Gasteiger partial charge is 0.468 e. The maximum Gasteiger partial charge on any atom is 0.191 e. The smallest absolute Gasteiger partial charge is 0.191 e. The third kappa shape index (κ3) is 6.18. The van der Waals surface area contributed by atoms with Crippen LogP contribution in [0.4, 0.5) is 0 Å². The van der Waals surface area contributed by atoms with Gasteiger partial charge in [0.25, 0.3) is 0 Å². The Morgan fingerprint density at radius 2 is 1.94 bits per heavy atom. The van der Waals surface area contributed by atoms with E-state index < -0.39 is 0 Å². The molecule has 0 saturated carbocycles. The normalized spacial score (nSPS) is 19.9. The first kappa shape index (κ1) is 25.3. The molecule has 2 aliphatic rings. The molecule has 32 heavy (non-hydrogen) atoms. The van der Waals surface area contributed by atoms with Crippen molar-refractivity contribution in [2.24, 2.45) is 4.99 Å². The summed E-state index contributed by atoms with van der Waals surface area (Å²) in [4.78, 5) is 6.97. The summed E-state index contributed by atoms with van der Waals surface area (Å²) in [5, 5.41) is 7.89. The molecule has 6 nitrogen and oxygen atoms in total. The van der Waals surface area contributed by atoms with Crippen LogP contribution < -0.4 is 10.6 Å². The Morgan fingerprint density at radius 1 is 1.16 bits per heavy atom. The van der Waals surface area contributed by atoms with Crippen LogP contribution in [0.3, 0.4) is 0 Å². The second-order valence-electron chi connectivity index (χ2n) is 8.48. The Bertz CT molecular complexity index is 849. The lowest BCUT2D eigenvalue weighted by atomic mass is 9.74. The lowest BCUT2D eigenvalue weighted by Gasteiger charge is -2.38. The van der Waals surface area contributed by atoms with Crippen molar-refractivity contribution < 1.29 is 9.15 Å². The van der Waals surface area contributed by atoms with Crippen molar-refractivity contribution in [3.05, 3.63) is 59.0 Å². The minimum atomic E-state index is -0.0177. The molecule has 0 bridgehead atoms. The Hall–Kier alpha value is -1.29. The predicted molar refractivity (Wildman–Crippen MR) is 140 cm³/mol. The lowest BCUT2D eigenvalue weighted by Crippen LogP contribution is -2.49. The molecule has 3 heterocycles. The molecule has 2 N–H and O–H groups in total. The third-order valence-electron chi connectivity index (χ3n) is 6.62. The van der Waals surface area contributed by atoms with E-state index in [1.54, 1.807) is 6.26 Å². The molecule has 2 aliphatic heterocycles. The Kier molecular flexibility index (Phi) is 9.70. The van der Waals surface area contributed by atoms with Gasteiger partial charge in [-0.2, -0.15) is 0 Å². The topological polar surface area (TPSA) is 62.0 Å². The first-order valence-electron chi connectivity index (χ1n) is 11.3. The van der Waals surface area contributed by atoms with Crippen molar-refractivity contribution in [1.29, 1.82) is 0 Å². The number of ether oxygens (including phenoxy) is 1. The summed E-state index contributed by atoms with van der Waals surface area (Å²) in [5.74, 6) is 1.81. The fourth-order valence-electron chi connectivity index (χ4n) is 4.76. The number of aliphatic imine (C=N–C) groups is 1. The summed E-state index contributed by atoms with van der Waals surface area (Å²) in [6.07, 6.45) is 6.16. The summed E-state index contributed by atoms with van der Waals surface area (Å²) >= 11 is 6.31. The summed E-state index contributed by atoms with van der Waals surface area (Å²) in [6.45, 7) is 5.27. The molecule has 2 aromatic rings. The van der Waals surface area contributed by atoms with Gasteiger partial charge in [0.15, 0.2) is 5.96 Å². The minimum absolute atomic E-state index is 0. The monoisotopic (exact) mass is 572 g/mol. The molecule has 1 unspecified atom stereocenters. The molecule has 0 amide bonds. The Balaban J connectivity index is 0.00000289. The number of guanidine groups is 1. The molecule has 0 aliphatic carbocycles. The highest BCUT2D eigenvalue weighted by Gasteiger charge is 2.35. The Labute approximate surface area is 213 Å². The molecule has 4 rings (SSSR count). The first-order chi connectivity index (χ1) is 15.2. The summed E-state index contributed by atoms with van der Waals surface area (Å²) < 4.78 is 11.4. The number of likely N-dealkylation sites (tertiary alicyclic amines) is 1. The van der Waals surface area contributed by atoms with Crippen LogP contribution in [0.5, 0.6) is 0 Å². The maximum absolute atomic E-state index is 6.31. The van der Waals surface area contributed by atoms with E-state index in [0.717, 1.165) is 69.0 Å². The molecule has 1 atom stereocenters. The molecule has 1 aromatic carbocycles. The fourth-order valence-corrected chi connectivity index (χ4v) is 4.95. The van der Waals surface area contributed by atoms with Crippen molar-refractivity contribution >= 4 is 41.5 Å². The van der Waals surface area contributed by atoms with Gasteiger partial charge in [0.1, 0.15) is 5.76 Å². The number of nitrogens with zero attached hydrogens (tertiary/aromatic N) is 2. The van der Waals surface area contributed by atoms with Gasteiger partial charge >= 0.3 is 0 Å². The molecule has 2 saturated heterocycles. The highest BCUT2D eigenvalue weighted by molar-refractivity contribution is 14.0. The van der Waals surface area contributed by atoms with Gasteiger partial charge in [-0.15, -0.1) is 24.0 Å². The lowest BCUT2D eigenvalue weighted by molar-refractivity contribution is 0.0513. The summed E-state index contributed by atoms with van der Waals surface area (Å²) in [7, 11) is 1.82. The Morgan fingerprint density at radius 3 is 2.59 bits per heavy atom. The van der Waals surface area contributed by atoms with E-state index in [4.69, 9.17) is 20.8 Å². The van der Waals surface area contributed by atoms with Crippen LogP contribution in [-0.2, 0) is 10.2 Å². The molecular formula is C24H34ClIN4O2. The van der Waals surface area contributed by atoms with Crippen LogP contribution in [0.25, 0.3) is 0 Å². The zero-order valence-corrected chi connectivity index (χ0v) is 21.8. The van der Waals surface area contributed by atoms with E-state index in [9.17, 15) is 0 Å².